The van der Waals surface area contributed by atoms with E-state index in [9.17, 15) is 0 Å². The predicted molar refractivity (Wildman–Crippen MR) is 244 cm³/mol. The van der Waals surface area contributed by atoms with Crippen molar-refractivity contribution in [3.8, 4) is 22.3 Å². The fourth-order valence-corrected chi connectivity index (χ4v) is 9.79. The molecule has 1 aliphatic heterocycles. The molecule has 4 nitrogen and oxygen atoms in total. The Kier molecular flexibility index (Phi) is 7.43. The number of aliphatic imine (C=N–C) groups is 2. The van der Waals surface area contributed by atoms with E-state index in [0.717, 1.165) is 66.8 Å². The van der Waals surface area contributed by atoms with Crippen LogP contribution in [0.1, 0.15) is 22.9 Å². The summed E-state index contributed by atoms with van der Waals surface area (Å²) in [4.78, 5) is 10.7. The summed E-state index contributed by atoms with van der Waals surface area (Å²) in [5.74, 6) is 1.55. The lowest BCUT2D eigenvalue weighted by molar-refractivity contribution is 0.668. The van der Waals surface area contributed by atoms with Gasteiger partial charge in [0.25, 0.3) is 0 Å². The largest absolute Gasteiger partial charge is 0.456 e. The first-order valence-corrected chi connectivity index (χ1v) is 20.4. The zero-order chi connectivity index (χ0) is 38.2. The van der Waals surface area contributed by atoms with E-state index in [1.54, 1.807) is 0 Å². The first kappa shape index (κ1) is 32.9. The van der Waals surface area contributed by atoms with Gasteiger partial charge in [-0.05, 0) is 86.3 Å². The summed E-state index contributed by atoms with van der Waals surface area (Å²) in [7, 11) is 0. The summed E-state index contributed by atoms with van der Waals surface area (Å²) in [6, 6.07) is 66.9. The molecule has 0 aliphatic carbocycles. The minimum Gasteiger partial charge on any atom is -0.456 e. The molecule has 9 aromatic carbocycles. The van der Waals surface area contributed by atoms with Crippen molar-refractivity contribution in [2.24, 2.45) is 9.98 Å². The van der Waals surface area contributed by atoms with E-state index in [-0.39, 0.29) is 0 Å². The average Bonchev–Trinajstić information content (AvgIpc) is 3.87. The molecule has 0 bridgehead atoms. The third kappa shape index (κ3) is 5.43. The number of nitrogens with zero attached hydrogens (tertiary/aromatic N) is 2. The van der Waals surface area contributed by atoms with Crippen LogP contribution < -0.4 is 5.32 Å². The molecule has 2 aromatic heterocycles. The van der Waals surface area contributed by atoms with E-state index in [1.807, 2.05) is 11.3 Å². The van der Waals surface area contributed by atoms with E-state index >= 15 is 0 Å². The number of nitrogens with one attached hydrogen (secondary N) is 1. The number of rotatable bonds is 5. The topological polar surface area (TPSA) is 49.9 Å². The average molecular weight is 760 g/mol. The Balaban J connectivity index is 0.979. The van der Waals surface area contributed by atoms with Gasteiger partial charge in [-0.3, -0.25) is 0 Å². The molecule has 5 heteroatoms. The van der Waals surface area contributed by atoms with Crippen LogP contribution in [0.5, 0.6) is 0 Å². The van der Waals surface area contributed by atoms with Gasteiger partial charge in [-0.1, -0.05) is 146 Å². The number of hydrogen-bond acceptors (Lipinski definition) is 5. The van der Waals surface area contributed by atoms with Crippen LogP contribution >= 0.6 is 11.3 Å². The number of hydrogen-bond donors (Lipinski definition) is 1. The summed E-state index contributed by atoms with van der Waals surface area (Å²) >= 11 is 1.84. The van der Waals surface area contributed by atoms with Crippen LogP contribution in [0.15, 0.2) is 202 Å². The summed E-state index contributed by atoms with van der Waals surface area (Å²) in [5, 5.41) is 13.1. The zero-order valence-corrected chi connectivity index (χ0v) is 32.0. The van der Waals surface area contributed by atoms with E-state index in [2.05, 4.69) is 193 Å². The highest BCUT2D eigenvalue weighted by molar-refractivity contribution is 7.25. The van der Waals surface area contributed by atoms with Crippen molar-refractivity contribution < 1.29 is 4.42 Å². The third-order valence-corrected chi connectivity index (χ3v) is 12.7. The molecule has 0 radical (unpaired) electrons. The van der Waals surface area contributed by atoms with Gasteiger partial charge in [-0.25, -0.2) is 9.98 Å². The van der Waals surface area contributed by atoms with E-state index in [4.69, 9.17) is 14.4 Å². The predicted octanol–water partition coefficient (Wildman–Crippen LogP) is 14.1. The number of furan rings is 1. The molecule has 1 atom stereocenters. The maximum Gasteiger partial charge on any atom is 0.170 e. The van der Waals surface area contributed by atoms with Crippen molar-refractivity contribution in [2.45, 2.75) is 6.17 Å². The molecule has 3 heterocycles. The Morgan fingerprint density at radius 2 is 1.03 bits per heavy atom. The lowest BCUT2D eigenvalue weighted by Crippen LogP contribution is -2.36. The van der Waals surface area contributed by atoms with Gasteiger partial charge < -0.3 is 9.73 Å². The van der Waals surface area contributed by atoms with Gasteiger partial charge in [0.15, 0.2) is 6.17 Å². The van der Waals surface area contributed by atoms with Crippen LogP contribution in [0.4, 0.5) is 0 Å². The maximum atomic E-state index is 6.67. The molecule has 1 aliphatic rings. The highest BCUT2D eigenvalue weighted by atomic mass is 32.1. The van der Waals surface area contributed by atoms with E-state index in [0.29, 0.717) is 0 Å². The summed E-state index contributed by atoms with van der Waals surface area (Å²) in [6.45, 7) is 0. The van der Waals surface area contributed by atoms with Gasteiger partial charge in [0.2, 0.25) is 0 Å². The van der Waals surface area contributed by atoms with Gasteiger partial charge >= 0.3 is 0 Å². The van der Waals surface area contributed by atoms with Gasteiger partial charge in [-0.2, -0.15) is 0 Å². The summed E-state index contributed by atoms with van der Waals surface area (Å²) in [6.07, 6.45) is -0.506. The Labute approximate surface area is 338 Å². The SMILES string of the molecule is c1ccc2cc(C3=NC(c4cccc5oc6cc(-c7cccc8sc9ccccc9c78)ccc6c45)N=C(c4ccc(-c5ccc6ccccc6c5)cc4)N3)ccc2c1. The number of amidine groups is 2. The molecule has 0 fully saturated rings. The number of thiophene rings is 1. The zero-order valence-electron chi connectivity index (χ0n) is 31.2. The lowest BCUT2D eigenvalue weighted by atomic mass is 9.97. The molecule has 12 rings (SSSR count). The maximum absolute atomic E-state index is 6.67. The molecule has 0 saturated carbocycles. The Hall–Kier alpha value is -7.34. The van der Waals surface area contributed by atoms with Crippen molar-refractivity contribution in [3.63, 3.8) is 0 Å². The Morgan fingerprint density at radius 3 is 1.84 bits per heavy atom. The fraction of sp³-hybridized carbons (Fsp3) is 0.0189. The molecule has 1 N–H and O–H groups in total. The minimum absolute atomic E-state index is 0.506. The van der Waals surface area contributed by atoms with E-state index in [1.165, 1.54) is 47.5 Å². The fourth-order valence-electron chi connectivity index (χ4n) is 8.66. The molecule has 58 heavy (non-hydrogen) atoms. The smallest absolute Gasteiger partial charge is 0.170 e. The number of benzene rings is 9. The van der Waals surface area contributed by atoms with Crippen molar-refractivity contribution in [2.75, 3.05) is 0 Å². The van der Waals surface area contributed by atoms with Crippen molar-refractivity contribution in [3.05, 3.63) is 205 Å². The van der Waals surface area contributed by atoms with Crippen LogP contribution in [-0.2, 0) is 0 Å². The molecule has 272 valence electrons. The summed E-state index contributed by atoms with van der Waals surface area (Å²) in [5.41, 5.74) is 9.35. The minimum atomic E-state index is -0.506. The molecule has 1 unspecified atom stereocenters. The lowest BCUT2D eigenvalue weighted by Gasteiger charge is -2.23. The monoisotopic (exact) mass is 759 g/mol. The van der Waals surface area contributed by atoms with Crippen LogP contribution in [0.2, 0.25) is 0 Å². The number of fused-ring (bicyclic) bond motifs is 8. The second-order valence-corrected chi connectivity index (χ2v) is 16.0. The quantitative estimate of drug-likeness (QED) is 0.190. The molecule has 11 aromatic rings. The van der Waals surface area contributed by atoms with Crippen molar-refractivity contribution in [1.29, 1.82) is 0 Å². The molecule has 0 amide bonds. The van der Waals surface area contributed by atoms with Crippen LogP contribution in [-0.4, -0.2) is 11.7 Å². The van der Waals surface area contributed by atoms with Gasteiger partial charge in [-0.15, -0.1) is 11.3 Å². The van der Waals surface area contributed by atoms with Gasteiger partial charge in [0, 0.05) is 47.6 Å². The second-order valence-electron chi connectivity index (χ2n) is 15.0. The van der Waals surface area contributed by atoms with Gasteiger partial charge in [0.1, 0.15) is 22.8 Å². The Bertz CT molecular complexity index is 3500. The third-order valence-electron chi connectivity index (χ3n) is 11.5. The molecule has 0 spiro atoms. The van der Waals surface area contributed by atoms with Crippen molar-refractivity contribution >= 4 is 86.7 Å². The highest BCUT2D eigenvalue weighted by Gasteiger charge is 2.25. The second kappa shape index (κ2) is 13.1. The standard InChI is InChI=1S/C53H33N3OS/c1-3-11-36-29-38(25-21-32(36)9-1)34-19-23-35(24-20-34)51-54-52(40-26-22-33-10-2-4-12-37(33)30-40)56-53(55-51)44-15-7-16-45-49(44)42-28-27-39(31-46(42)57-45)41-14-8-18-48-50(41)43-13-5-6-17-47(43)58-48/h1-31,53H,(H,54,55,56). The first-order chi connectivity index (χ1) is 28.7. The molecule has 0 saturated heterocycles. The normalized spacial score (nSPS) is 14.4. The van der Waals surface area contributed by atoms with E-state index < -0.39 is 6.17 Å². The molecular formula is C53H33N3OS. The van der Waals surface area contributed by atoms with Crippen LogP contribution in [0.25, 0.3) is 85.9 Å². The highest BCUT2D eigenvalue weighted by Crippen LogP contribution is 2.43. The van der Waals surface area contributed by atoms with Crippen LogP contribution in [0.3, 0.4) is 0 Å². The first-order valence-electron chi connectivity index (χ1n) is 19.6. The van der Waals surface area contributed by atoms with Crippen LogP contribution in [0, 0.1) is 0 Å². The Morgan fingerprint density at radius 1 is 0.414 bits per heavy atom. The molecular weight excluding hydrogens is 727 g/mol. The summed E-state index contributed by atoms with van der Waals surface area (Å²) < 4.78 is 9.25. The van der Waals surface area contributed by atoms with Crippen molar-refractivity contribution in [1.82, 2.24) is 5.32 Å². The van der Waals surface area contributed by atoms with Gasteiger partial charge in [0.05, 0.1) is 0 Å².